The van der Waals surface area contributed by atoms with Gasteiger partial charge in [0.05, 0.1) is 5.69 Å². The van der Waals surface area contributed by atoms with Crippen LogP contribution >= 0.6 is 0 Å². The van der Waals surface area contributed by atoms with Crippen molar-refractivity contribution in [3.63, 3.8) is 0 Å². The van der Waals surface area contributed by atoms with Gasteiger partial charge in [-0.2, -0.15) is 0 Å². The molecule has 1 aliphatic rings. The third-order valence-electron chi connectivity index (χ3n) is 2.49. The molecule has 0 unspecified atom stereocenters. The van der Waals surface area contributed by atoms with Crippen LogP contribution in [-0.2, 0) is 6.42 Å². The van der Waals surface area contributed by atoms with Crippen molar-refractivity contribution in [3.05, 3.63) is 47.4 Å². The molecule has 2 aromatic heterocycles. The Morgan fingerprint density at radius 1 is 1.27 bits per heavy atom. The summed E-state index contributed by atoms with van der Waals surface area (Å²) in [5.74, 6) is 1.54. The number of fused-ring (bicyclic) bond motifs is 2. The Bertz CT molecular complexity index is 523. The van der Waals surface area contributed by atoms with Crippen molar-refractivity contribution >= 4 is 0 Å². The fraction of sp³-hybridized carbons (Fsp3) is 0.167. The van der Waals surface area contributed by atoms with E-state index < -0.39 is 0 Å². The number of pyridine rings is 2. The maximum atomic E-state index is 5.68. The zero-order chi connectivity index (χ0) is 10.3. The van der Waals surface area contributed by atoms with E-state index in [0.29, 0.717) is 0 Å². The first-order valence-electron chi connectivity index (χ1n) is 4.91. The van der Waals surface area contributed by atoms with Crippen molar-refractivity contribution in [1.82, 2.24) is 9.97 Å². The average Bonchev–Trinajstić information content (AvgIpc) is 2.26. The average molecular weight is 198 g/mol. The Morgan fingerprint density at radius 2 is 2.20 bits per heavy atom. The van der Waals surface area contributed by atoms with Crippen molar-refractivity contribution < 1.29 is 4.74 Å². The third kappa shape index (κ3) is 1.36. The Morgan fingerprint density at radius 3 is 3.13 bits per heavy atom. The van der Waals surface area contributed by atoms with Crippen LogP contribution in [0.2, 0.25) is 0 Å². The van der Waals surface area contributed by atoms with Gasteiger partial charge >= 0.3 is 0 Å². The minimum atomic E-state index is 0.718. The topological polar surface area (TPSA) is 35.0 Å². The van der Waals surface area contributed by atoms with Gasteiger partial charge in [0.1, 0.15) is 0 Å². The summed E-state index contributed by atoms with van der Waals surface area (Å²) < 4.78 is 5.68. The lowest BCUT2D eigenvalue weighted by molar-refractivity contribution is 0.435. The number of aryl methyl sites for hydroxylation is 1. The molecule has 0 saturated carbocycles. The highest BCUT2D eigenvalue weighted by molar-refractivity contribution is 5.43. The van der Waals surface area contributed by atoms with Crippen LogP contribution in [0.15, 0.2) is 30.5 Å². The smallest absolute Gasteiger partial charge is 0.223 e. The summed E-state index contributed by atoms with van der Waals surface area (Å²) in [6.07, 6.45) is 2.59. The minimum absolute atomic E-state index is 0.718. The fourth-order valence-corrected chi connectivity index (χ4v) is 1.72. The summed E-state index contributed by atoms with van der Waals surface area (Å²) in [4.78, 5) is 8.65. The first kappa shape index (κ1) is 8.41. The van der Waals surface area contributed by atoms with Crippen LogP contribution in [0.1, 0.15) is 17.0 Å². The second kappa shape index (κ2) is 3.05. The van der Waals surface area contributed by atoms with Crippen LogP contribution in [0.25, 0.3) is 0 Å². The molecule has 0 radical (unpaired) electrons. The molecule has 3 heteroatoms. The van der Waals surface area contributed by atoms with E-state index in [4.69, 9.17) is 4.74 Å². The Balaban J connectivity index is 2.11. The van der Waals surface area contributed by atoms with Gasteiger partial charge in [0.15, 0.2) is 5.75 Å². The monoisotopic (exact) mass is 198 g/mol. The summed E-state index contributed by atoms with van der Waals surface area (Å²) in [6, 6.07) is 7.85. The Kier molecular flexibility index (Phi) is 1.71. The number of ether oxygens (including phenoxy) is 1. The summed E-state index contributed by atoms with van der Waals surface area (Å²) in [5, 5.41) is 0. The molecule has 0 saturated heterocycles. The van der Waals surface area contributed by atoms with Gasteiger partial charge in [-0.25, -0.2) is 4.98 Å². The van der Waals surface area contributed by atoms with Gasteiger partial charge in [0.2, 0.25) is 5.88 Å². The van der Waals surface area contributed by atoms with Gasteiger partial charge in [-0.05, 0) is 25.1 Å². The van der Waals surface area contributed by atoms with Crippen LogP contribution in [-0.4, -0.2) is 9.97 Å². The predicted molar refractivity (Wildman–Crippen MR) is 56.1 cm³/mol. The van der Waals surface area contributed by atoms with Crippen LogP contribution in [0.5, 0.6) is 11.6 Å². The molecule has 74 valence electrons. The first-order valence-corrected chi connectivity index (χ1v) is 4.91. The molecule has 0 fully saturated rings. The van der Waals surface area contributed by atoms with Gasteiger partial charge in [-0.15, -0.1) is 0 Å². The molecule has 3 rings (SSSR count). The van der Waals surface area contributed by atoms with Gasteiger partial charge in [0, 0.05) is 23.9 Å². The normalized spacial score (nSPS) is 12.6. The van der Waals surface area contributed by atoms with E-state index in [2.05, 4.69) is 16.0 Å². The summed E-state index contributed by atoms with van der Waals surface area (Å²) in [5.41, 5.74) is 3.06. The van der Waals surface area contributed by atoms with E-state index >= 15 is 0 Å². The molecule has 1 aliphatic heterocycles. The van der Waals surface area contributed by atoms with Crippen LogP contribution in [0.3, 0.4) is 0 Å². The zero-order valence-corrected chi connectivity index (χ0v) is 8.40. The van der Waals surface area contributed by atoms with E-state index in [9.17, 15) is 0 Å². The molecule has 0 atom stereocenters. The summed E-state index contributed by atoms with van der Waals surface area (Å²) in [7, 11) is 0. The number of aromatic nitrogens is 2. The van der Waals surface area contributed by atoms with E-state index in [1.807, 2.05) is 25.1 Å². The highest BCUT2D eigenvalue weighted by Gasteiger charge is 2.18. The van der Waals surface area contributed by atoms with Crippen LogP contribution < -0.4 is 4.74 Å². The van der Waals surface area contributed by atoms with Gasteiger partial charge < -0.3 is 4.74 Å². The minimum Gasteiger partial charge on any atom is -0.437 e. The SMILES string of the molecule is Cc1ccc2c(n1)Oc1cccnc1C2. The van der Waals surface area contributed by atoms with E-state index in [0.717, 1.165) is 35.0 Å². The molecular weight excluding hydrogens is 188 g/mol. The quantitative estimate of drug-likeness (QED) is 0.556. The lowest BCUT2D eigenvalue weighted by Crippen LogP contribution is -2.06. The van der Waals surface area contributed by atoms with Gasteiger partial charge in [-0.1, -0.05) is 6.07 Å². The predicted octanol–water partition coefficient (Wildman–Crippen LogP) is 2.48. The Labute approximate surface area is 87.8 Å². The van der Waals surface area contributed by atoms with Crippen molar-refractivity contribution in [2.45, 2.75) is 13.3 Å². The molecule has 0 aromatic carbocycles. The summed E-state index contributed by atoms with van der Waals surface area (Å²) in [6.45, 7) is 1.96. The second-order valence-corrected chi connectivity index (χ2v) is 3.64. The molecule has 15 heavy (non-hydrogen) atoms. The highest BCUT2D eigenvalue weighted by atomic mass is 16.5. The molecule has 3 nitrogen and oxygen atoms in total. The zero-order valence-electron chi connectivity index (χ0n) is 8.40. The third-order valence-corrected chi connectivity index (χ3v) is 2.49. The molecule has 2 aromatic rings. The van der Waals surface area contributed by atoms with Crippen molar-refractivity contribution in [2.75, 3.05) is 0 Å². The van der Waals surface area contributed by atoms with Crippen molar-refractivity contribution in [3.8, 4) is 11.6 Å². The highest BCUT2D eigenvalue weighted by Crippen LogP contribution is 2.33. The lowest BCUT2D eigenvalue weighted by Gasteiger charge is -2.17. The van der Waals surface area contributed by atoms with Gasteiger partial charge in [0.25, 0.3) is 0 Å². The number of rotatable bonds is 0. The van der Waals surface area contributed by atoms with Crippen LogP contribution in [0, 0.1) is 6.92 Å². The molecule has 0 aliphatic carbocycles. The second-order valence-electron chi connectivity index (χ2n) is 3.64. The van der Waals surface area contributed by atoms with Gasteiger partial charge in [-0.3, -0.25) is 4.98 Å². The van der Waals surface area contributed by atoms with Crippen LogP contribution in [0.4, 0.5) is 0 Å². The standard InChI is InChI=1S/C12H10N2O/c1-8-4-5-9-7-10-11(3-2-6-13-10)15-12(9)14-8/h2-6H,7H2,1H3. The number of hydrogen-bond acceptors (Lipinski definition) is 3. The molecule has 0 N–H and O–H groups in total. The maximum Gasteiger partial charge on any atom is 0.223 e. The lowest BCUT2D eigenvalue weighted by atomic mass is 10.1. The number of nitrogens with zero attached hydrogens (tertiary/aromatic N) is 2. The maximum absolute atomic E-state index is 5.68. The van der Waals surface area contributed by atoms with Crippen molar-refractivity contribution in [1.29, 1.82) is 0 Å². The van der Waals surface area contributed by atoms with E-state index in [-0.39, 0.29) is 0 Å². The number of hydrogen-bond donors (Lipinski definition) is 0. The largest absolute Gasteiger partial charge is 0.437 e. The van der Waals surface area contributed by atoms with Crippen molar-refractivity contribution in [2.24, 2.45) is 0 Å². The van der Waals surface area contributed by atoms with E-state index in [1.54, 1.807) is 6.20 Å². The summed E-state index contributed by atoms with van der Waals surface area (Å²) >= 11 is 0. The molecule has 0 spiro atoms. The Hall–Kier alpha value is -1.90. The molecule has 3 heterocycles. The fourth-order valence-electron chi connectivity index (χ4n) is 1.72. The first-order chi connectivity index (χ1) is 7.33. The molecule has 0 bridgehead atoms. The molecule has 0 amide bonds. The van der Waals surface area contributed by atoms with E-state index in [1.165, 1.54) is 0 Å². The molecular formula is C12H10N2O.